The first kappa shape index (κ1) is 7.19. The molecule has 10 heavy (non-hydrogen) atoms. The minimum Gasteiger partial charge on any atom is -0.512 e. The molecule has 2 heteroatoms. The Balaban J connectivity index is 2.81. The zero-order valence-corrected chi connectivity index (χ0v) is 6.31. The summed E-state index contributed by atoms with van der Waals surface area (Å²) in [6.07, 6.45) is 1.02. The van der Waals surface area contributed by atoms with Crippen LogP contribution in [0.1, 0.15) is 26.7 Å². The van der Waals surface area contributed by atoms with Gasteiger partial charge in [-0.15, -0.1) is 0 Å². The van der Waals surface area contributed by atoms with Crippen molar-refractivity contribution in [2.75, 3.05) is 0 Å². The third-order valence-corrected chi connectivity index (χ3v) is 1.85. The molecule has 0 spiro atoms. The lowest BCUT2D eigenvalue weighted by Crippen LogP contribution is -2.01. The van der Waals surface area contributed by atoms with Crippen molar-refractivity contribution < 1.29 is 10.2 Å². The molecule has 0 atom stereocenters. The summed E-state index contributed by atoms with van der Waals surface area (Å²) < 4.78 is 0. The number of allylic oxidation sites excluding steroid dienone is 2. The summed E-state index contributed by atoms with van der Waals surface area (Å²) in [6, 6.07) is 0. The van der Waals surface area contributed by atoms with Gasteiger partial charge in [0.25, 0.3) is 0 Å². The van der Waals surface area contributed by atoms with E-state index in [0.29, 0.717) is 24.4 Å². The highest BCUT2D eigenvalue weighted by Gasteiger charge is 2.12. The van der Waals surface area contributed by atoms with E-state index in [1.165, 1.54) is 0 Å². The zero-order valence-electron chi connectivity index (χ0n) is 6.31. The highest BCUT2D eigenvalue weighted by Crippen LogP contribution is 2.25. The first-order valence-electron chi connectivity index (χ1n) is 3.36. The van der Waals surface area contributed by atoms with E-state index in [1.807, 2.05) is 13.8 Å². The van der Waals surface area contributed by atoms with Gasteiger partial charge in [0.05, 0.1) is 11.5 Å². The van der Waals surface area contributed by atoms with Crippen molar-refractivity contribution in [3.8, 4) is 0 Å². The molecule has 0 unspecified atom stereocenters. The van der Waals surface area contributed by atoms with Crippen LogP contribution in [0.25, 0.3) is 0 Å². The molecule has 1 rings (SSSR count). The Morgan fingerprint density at radius 3 is 1.50 bits per heavy atom. The zero-order chi connectivity index (χ0) is 7.72. The van der Waals surface area contributed by atoms with Gasteiger partial charge in [0.1, 0.15) is 0 Å². The second kappa shape index (κ2) is 2.37. The van der Waals surface area contributed by atoms with Gasteiger partial charge in [-0.25, -0.2) is 0 Å². The van der Waals surface area contributed by atoms with E-state index >= 15 is 0 Å². The summed E-state index contributed by atoms with van der Waals surface area (Å²) in [6.45, 7) is 3.66. The van der Waals surface area contributed by atoms with E-state index in [4.69, 9.17) is 0 Å². The number of aliphatic hydroxyl groups is 2. The van der Waals surface area contributed by atoms with Gasteiger partial charge in [-0.2, -0.15) is 0 Å². The molecule has 0 amide bonds. The largest absolute Gasteiger partial charge is 0.512 e. The van der Waals surface area contributed by atoms with Gasteiger partial charge in [0.15, 0.2) is 0 Å². The summed E-state index contributed by atoms with van der Waals surface area (Å²) in [7, 11) is 0. The van der Waals surface area contributed by atoms with Gasteiger partial charge in [-0.3, -0.25) is 0 Å². The minimum atomic E-state index is 0.412. The normalized spacial score (nSPS) is 20.2. The Morgan fingerprint density at radius 2 is 1.20 bits per heavy atom. The second-order valence-corrected chi connectivity index (χ2v) is 2.81. The average Bonchev–Trinajstić information content (AvgIpc) is 1.84. The lowest BCUT2D eigenvalue weighted by atomic mass is 9.98. The Kier molecular flexibility index (Phi) is 1.70. The van der Waals surface area contributed by atoms with Crippen LogP contribution in [0.15, 0.2) is 22.7 Å². The molecule has 2 nitrogen and oxygen atoms in total. The van der Waals surface area contributed by atoms with E-state index in [-0.39, 0.29) is 0 Å². The van der Waals surface area contributed by atoms with Crippen molar-refractivity contribution >= 4 is 0 Å². The Labute approximate surface area is 60.5 Å². The van der Waals surface area contributed by atoms with E-state index in [1.54, 1.807) is 0 Å². The predicted octanol–water partition coefficient (Wildman–Crippen LogP) is 2.44. The highest BCUT2D eigenvalue weighted by atomic mass is 16.3. The summed E-state index contributed by atoms with van der Waals surface area (Å²) in [5.41, 5.74) is 1.76. The molecule has 0 saturated heterocycles. The van der Waals surface area contributed by atoms with Crippen molar-refractivity contribution in [2.45, 2.75) is 26.7 Å². The molecule has 0 radical (unpaired) electrons. The molecule has 0 bridgehead atoms. The van der Waals surface area contributed by atoms with E-state index in [0.717, 1.165) is 11.1 Å². The fraction of sp³-hybridized carbons (Fsp3) is 0.500. The molecule has 2 N–H and O–H groups in total. The van der Waals surface area contributed by atoms with Crippen molar-refractivity contribution in [1.82, 2.24) is 0 Å². The maximum absolute atomic E-state index is 9.20. The van der Waals surface area contributed by atoms with Gasteiger partial charge >= 0.3 is 0 Å². The van der Waals surface area contributed by atoms with Crippen LogP contribution in [-0.4, -0.2) is 10.2 Å². The molecule has 0 fully saturated rings. The molecule has 1 aliphatic rings. The maximum Gasteiger partial charge on any atom is 0.0957 e. The topological polar surface area (TPSA) is 40.5 Å². The van der Waals surface area contributed by atoms with Crippen LogP contribution in [0.5, 0.6) is 0 Å². The first-order valence-corrected chi connectivity index (χ1v) is 3.36. The van der Waals surface area contributed by atoms with Crippen LogP contribution < -0.4 is 0 Å². The smallest absolute Gasteiger partial charge is 0.0957 e. The van der Waals surface area contributed by atoms with Gasteiger partial charge in [0, 0.05) is 12.8 Å². The molecule has 0 saturated carbocycles. The third kappa shape index (κ3) is 1.15. The quantitative estimate of drug-likeness (QED) is 0.542. The molecule has 56 valence electrons. The molecule has 0 aromatic heterocycles. The van der Waals surface area contributed by atoms with Crippen LogP contribution in [0.3, 0.4) is 0 Å². The highest BCUT2D eigenvalue weighted by molar-refractivity contribution is 5.25. The van der Waals surface area contributed by atoms with E-state index < -0.39 is 0 Å². The summed E-state index contributed by atoms with van der Waals surface area (Å²) in [5, 5.41) is 18.4. The summed E-state index contributed by atoms with van der Waals surface area (Å²) in [5.74, 6) is 0.825. The van der Waals surface area contributed by atoms with Crippen LogP contribution in [0, 0.1) is 0 Å². The molecule has 0 heterocycles. The molecule has 1 aliphatic carbocycles. The maximum atomic E-state index is 9.20. The van der Waals surface area contributed by atoms with Gasteiger partial charge in [-0.1, -0.05) is 0 Å². The van der Waals surface area contributed by atoms with Crippen molar-refractivity contribution in [3.05, 3.63) is 22.7 Å². The number of hydrogen-bond donors (Lipinski definition) is 2. The minimum absolute atomic E-state index is 0.412. The Bertz CT molecular complexity index is 167. The summed E-state index contributed by atoms with van der Waals surface area (Å²) in [4.78, 5) is 0. The van der Waals surface area contributed by atoms with Crippen molar-refractivity contribution in [3.63, 3.8) is 0 Å². The lowest BCUT2D eigenvalue weighted by molar-refractivity contribution is 0.346. The van der Waals surface area contributed by atoms with Crippen molar-refractivity contribution in [2.24, 2.45) is 0 Å². The average molecular weight is 140 g/mol. The van der Waals surface area contributed by atoms with Gasteiger partial charge < -0.3 is 10.2 Å². The number of rotatable bonds is 0. The number of hydrogen-bond acceptors (Lipinski definition) is 2. The first-order chi connectivity index (χ1) is 4.61. The monoisotopic (exact) mass is 140 g/mol. The van der Waals surface area contributed by atoms with Crippen LogP contribution >= 0.6 is 0 Å². The standard InChI is InChI=1S/C8H12O2/c1-5-3-8(10)6(2)4-7(5)9/h9-10H,3-4H2,1-2H3. The van der Waals surface area contributed by atoms with Gasteiger partial charge in [0.2, 0.25) is 0 Å². The fourth-order valence-corrected chi connectivity index (χ4v) is 1.01. The van der Waals surface area contributed by atoms with E-state index in [2.05, 4.69) is 0 Å². The van der Waals surface area contributed by atoms with Crippen LogP contribution in [-0.2, 0) is 0 Å². The van der Waals surface area contributed by atoms with Crippen LogP contribution in [0.4, 0.5) is 0 Å². The third-order valence-electron chi connectivity index (χ3n) is 1.85. The molecular weight excluding hydrogens is 128 g/mol. The lowest BCUT2D eigenvalue weighted by Gasteiger charge is -2.14. The number of aliphatic hydroxyl groups excluding tert-OH is 2. The molecule has 0 aromatic rings. The Morgan fingerprint density at radius 1 is 0.900 bits per heavy atom. The van der Waals surface area contributed by atoms with Gasteiger partial charge in [-0.05, 0) is 25.0 Å². The summed E-state index contributed by atoms with van der Waals surface area (Å²) >= 11 is 0. The SMILES string of the molecule is CC1=C(O)CC(C)=C(O)C1. The van der Waals surface area contributed by atoms with Crippen molar-refractivity contribution in [1.29, 1.82) is 0 Å². The second-order valence-electron chi connectivity index (χ2n) is 2.81. The molecule has 0 aliphatic heterocycles. The molecule has 0 aromatic carbocycles. The molecular formula is C8H12O2. The van der Waals surface area contributed by atoms with E-state index in [9.17, 15) is 10.2 Å². The van der Waals surface area contributed by atoms with Crippen LogP contribution in [0.2, 0.25) is 0 Å². The Hall–Kier alpha value is -0.920. The fourth-order valence-electron chi connectivity index (χ4n) is 1.01. The predicted molar refractivity (Wildman–Crippen MR) is 39.9 cm³/mol.